The minimum Gasteiger partial charge on any atom is -0.744 e. The van der Waals surface area contributed by atoms with Crippen LogP contribution in [-0.2, 0) is 16.5 Å². The Hall–Kier alpha value is -2.51. The van der Waals surface area contributed by atoms with Gasteiger partial charge < -0.3 is 4.55 Å². The molecule has 6 nitrogen and oxygen atoms in total. The standard InChI is InChI=1S/C17H18N2O4S/c1-13(18-19-17(20)15-5-3-2-4-6-15)7-8-14-9-11-16(12-10-14)24(21,22)23/h2-6,9-12H,7-8H2,1H3,(H,19,20)(H,21,22,23)/p-1/b18-13-. The highest BCUT2D eigenvalue weighted by atomic mass is 32.2. The van der Waals surface area contributed by atoms with Crippen LogP contribution < -0.4 is 5.43 Å². The fourth-order valence-corrected chi connectivity index (χ4v) is 2.47. The highest BCUT2D eigenvalue weighted by Gasteiger charge is 2.04. The van der Waals surface area contributed by atoms with Gasteiger partial charge in [0, 0.05) is 11.3 Å². The second-order valence-corrected chi connectivity index (χ2v) is 6.63. The Kier molecular flexibility index (Phi) is 5.83. The Morgan fingerprint density at radius 3 is 2.29 bits per heavy atom. The average molecular weight is 345 g/mol. The van der Waals surface area contributed by atoms with Crippen LogP contribution in [0, 0.1) is 0 Å². The number of aryl methyl sites for hydroxylation is 1. The number of hydrogen-bond acceptors (Lipinski definition) is 5. The third-order valence-corrected chi connectivity index (χ3v) is 4.22. The summed E-state index contributed by atoms with van der Waals surface area (Å²) in [7, 11) is -4.42. The van der Waals surface area contributed by atoms with Gasteiger partial charge in [-0.15, -0.1) is 0 Å². The minimum atomic E-state index is -4.42. The first-order valence-electron chi connectivity index (χ1n) is 7.29. The van der Waals surface area contributed by atoms with Crippen LogP contribution in [-0.4, -0.2) is 24.6 Å². The molecule has 7 heteroatoms. The Morgan fingerprint density at radius 2 is 1.71 bits per heavy atom. The molecule has 0 heterocycles. The van der Waals surface area contributed by atoms with Crippen LogP contribution in [0.3, 0.4) is 0 Å². The van der Waals surface area contributed by atoms with E-state index in [4.69, 9.17) is 0 Å². The molecule has 2 aromatic carbocycles. The van der Waals surface area contributed by atoms with E-state index in [0.717, 1.165) is 11.3 Å². The summed E-state index contributed by atoms with van der Waals surface area (Å²) in [5, 5.41) is 4.04. The molecule has 0 aliphatic carbocycles. The summed E-state index contributed by atoms with van der Waals surface area (Å²) >= 11 is 0. The van der Waals surface area contributed by atoms with Crippen LogP contribution in [0.1, 0.15) is 29.3 Å². The number of carbonyl (C=O) groups is 1. The molecule has 1 amide bonds. The molecule has 24 heavy (non-hydrogen) atoms. The normalized spacial score (nSPS) is 12.0. The molecule has 0 saturated carbocycles. The van der Waals surface area contributed by atoms with Crippen molar-refractivity contribution in [1.82, 2.24) is 5.43 Å². The molecule has 0 saturated heterocycles. The summed E-state index contributed by atoms with van der Waals surface area (Å²) in [4.78, 5) is 11.6. The fourth-order valence-electron chi connectivity index (χ4n) is 2.00. The quantitative estimate of drug-likeness (QED) is 0.493. The van der Waals surface area contributed by atoms with Crippen LogP contribution in [0.4, 0.5) is 0 Å². The lowest BCUT2D eigenvalue weighted by molar-refractivity contribution is 0.0954. The SMILES string of the molecule is C/C(CCc1ccc(S(=O)(=O)[O-])cc1)=N/NC(=O)c1ccccc1. The second kappa shape index (κ2) is 7.85. The first-order valence-corrected chi connectivity index (χ1v) is 8.70. The number of amides is 1. The molecular formula is C17H17N2O4S-. The van der Waals surface area contributed by atoms with Crippen molar-refractivity contribution in [2.75, 3.05) is 0 Å². The van der Waals surface area contributed by atoms with Gasteiger partial charge in [-0.2, -0.15) is 5.10 Å². The van der Waals surface area contributed by atoms with Crippen LogP contribution in [0.5, 0.6) is 0 Å². The van der Waals surface area contributed by atoms with Gasteiger partial charge in [0.2, 0.25) is 0 Å². The Morgan fingerprint density at radius 1 is 1.08 bits per heavy atom. The molecule has 0 aliphatic heterocycles. The van der Waals surface area contributed by atoms with Crippen LogP contribution in [0.15, 0.2) is 64.6 Å². The summed E-state index contributed by atoms with van der Waals surface area (Å²) in [5.41, 5.74) is 4.64. The largest absolute Gasteiger partial charge is 0.744 e. The lowest BCUT2D eigenvalue weighted by Crippen LogP contribution is -2.19. The molecule has 2 rings (SSSR count). The summed E-state index contributed by atoms with van der Waals surface area (Å²) in [6.07, 6.45) is 1.22. The Labute approximate surface area is 141 Å². The van der Waals surface area contributed by atoms with E-state index >= 15 is 0 Å². The van der Waals surface area contributed by atoms with Crippen LogP contribution in [0.2, 0.25) is 0 Å². The van der Waals surface area contributed by atoms with Gasteiger partial charge in [-0.3, -0.25) is 4.79 Å². The van der Waals surface area contributed by atoms with Crippen molar-refractivity contribution in [3.63, 3.8) is 0 Å². The molecule has 0 unspecified atom stereocenters. The van der Waals surface area contributed by atoms with Gasteiger partial charge in [0.25, 0.3) is 5.91 Å². The third kappa shape index (κ3) is 5.29. The molecule has 0 aromatic heterocycles. The number of nitrogens with one attached hydrogen (secondary N) is 1. The van der Waals surface area contributed by atoms with E-state index in [-0.39, 0.29) is 10.8 Å². The summed E-state index contributed by atoms with van der Waals surface area (Å²) in [6, 6.07) is 14.6. The lowest BCUT2D eigenvalue weighted by atomic mass is 10.1. The number of carbonyl (C=O) groups excluding carboxylic acids is 1. The smallest absolute Gasteiger partial charge is 0.271 e. The first kappa shape index (κ1) is 17.8. The molecule has 126 valence electrons. The first-order chi connectivity index (χ1) is 11.4. The molecule has 0 atom stereocenters. The molecule has 0 aliphatic rings. The second-order valence-electron chi connectivity index (χ2n) is 5.25. The summed E-state index contributed by atoms with van der Waals surface area (Å²) in [5.74, 6) is -0.278. The number of hydrogen-bond donors (Lipinski definition) is 1. The maximum absolute atomic E-state index is 11.9. The van der Waals surface area contributed by atoms with E-state index in [2.05, 4.69) is 10.5 Å². The minimum absolute atomic E-state index is 0.244. The van der Waals surface area contributed by atoms with Crippen molar-refractivity contribution in [2.24, 2.45) is 5.10 Å². The van der Waals surface area contributed by atoms with Crippen molar-refractivity contribution in [1.29, 1.82) is 0 Å². The van der Waals surface area contributed by atoms with Gasteiger partial charge in [0.05, 0.1) is 4.90 Å². The van der Waals surface area contributed by atoms with Gasteiger partial charge in [-0.05, 0) is 49.6 Å². The van der Waals surface area contributed by atoms with Crippen molar-refractivity contribution in [3.8, 4) is 0 Å². The zero-order valence-corrected chi connectivity index (χ0v) is 13.9. The summed E-state index contributed by atoms with van der Waals surface area (Å²) < 4.78 is 32.6. The zero-order chi connectivity index (χ0) is 17.6. The van der Waals surface area contributed by atoms with Crippen LogP contribution in [0.25, 0.3) is 0 Å². The zero-order valence-electron chi connectivity index (χ0n) is 13.1. The average Bonchev–Trinajstić information content (AvgIpc) is 2.58. The molecule has 0 fully saturated rings. The summed E-state index contributed by atoms with van der Waals surface area (Å²) in [6.45, 7) is 1.79. The van der Waals surface area contributed by atoms with Gasteiger partial charge in [-0.1, -0.05) is 30.3 Å². The van der Waals surface area contributed by atoms with E-state index in [1.807, 2.05) is 6.07 Å². The molecule has 0 radical (unpaired) electrons. The molecular weight excluding hydrogens is 328 g/mol. The fraction of sp³-hybridized carbons (Fsp3) is 0.176. The molecule has 0 spiro atoms. The lowest BCUT2D eigenvalue weighted by Gasteiger charge is -2.08. The van der Waals surface area contributed by atoms with E-state index < -0.39 is 10.1 Å². The predicted octanol–water partition coefficient (Wildman–Crippen LogP) is 2.33. The van der Waals surface area contributed by atoms with Crippen LogP contribution >= 0.6 is 0 Å². The van der Waals surface area contributed by atoms with Crippen molar-refractivity contribution in [3.05, 3.63) is 65.7 Å². The molecule has 0 bridgehead atoms. The number of nitrogens with zero attached hydrogens (tertiary/aromatic N) is 1. The van der Waals surface area contributed by atoms with E-state index in [1.54, 1.807) is 43.3 Å². The highest BCUT2D eigenvalue weighted by Crippen LogP contribution is 2.11. The number of rotatable bonds is 6. The van der Waals surface area contributed by atoms with Gasteiger partial charge >= 0.3 is 0 Å². The Bertz CT molecular complexity index is 829. The molecule has 1 N–H and O–H groups in total. The van der Waals surface area contributed by atoms with Crippen molar-refractivity contribution < 1.29 is 17.8 Å². The third-order valence-electron chi connectivity index (χ3n) is 3.37. The monoisotopic (exact) mass is 345 g/mol. The Balaban J connectivity index is 1.88. The van der Waals surface area contributed by atoms with Gasteiger partial charge in [0.1, 0.15) is 10.1 Å². The highest BCUT2D eigenvalue weighted by molar-refractivity contribution is 7.85. The van der Waals surface area contributed by atoms with E-state index in [9.17, 15) is 17.8 Å². The maximum Gasteiger partial charge on any atom is 0.271 e. The van der Waals surface area contributed by atoms with Crippen molar-refractivity contribution in [2.45, 2.75) is 24.7 Å². The predicted molar refractivity (Wildman–Crippen MR) is 89.7 cm³/mol. The van der Waals surface area contributed by atoms with E-state index in [1.165, 1.54) is 12.1 Å². The topological polar surface area (TPSA) is 98.7 Å². The van der Waals surface area contributed by atoms with Crippen molar-refractivity contribution >= 4 is 21.7 Å². The number of hydrazone groups is 1. The van der Waals surface area contributed by atoms with Gasteiger partial charge in [-0.25, -0.2) is 13.8 Å². The maximum atomic E-state index is 11.9. The number of benzene rings is 2. The molecule has 2 aromatic rings. The van der Waals surface area contributed by atoms with E-state index in [0.29, 0.717) is 18.4 Å². The van der Waals surface area contributed by atoms with Gasteiger partial charge in [0.15, 0.2) is 0 Å².